The lowest BCUT2D eigenvalue weighted by molar-refractivity contribution is 0.00578. The second-order valence-corrected chi connectivity index (χ2v) is 5.31. The zero-order valence-electron chi connectivity index (χ0n) is 11.3. The molecule has 4 nitrogen and oxygen atoms in total. The summed E-state index contributed by atoms with van der Waals surface area (Å²) in [5.74, 6) is -0.597. The molecule has 1 aliphatic heterocycles. The average Bonchev–Trinajstić information content (AvgIpc) is 2.47. The first-order valence-electron chi connectivity index (χ1n) is 5.82. The molecule has 18 heavy (non-hydrogen) atoms. The topological polar surface area (TPSA) is 40.6 Å². The quantitative estimate of drug-likeness (QED) is 0.592. The number of hydrogen-bond acceptors (Lipinski definition) is 4. The van der Waals surface area contributed by atoms with Crippen LogP contribution >= 0.6 is 0 Å². The summed E-state index contributed by atoms with van der Waals surface area (Å²) in [7, 11) is 0.747. The Bertz CT molecular complexity index is 449. The van der Waals surface area contributed by atoms with Crippen molar-refractivity contribution in [3.63, 3.8) is 0 Å². The van der Waals surface area contributed by atoms with Crippen molar-refractivity contribution < 1.29 is 18.4 Å². The third-order valence-corrected chi connectivity index (χ3v) is 3.60. The minimum absolute atomic E-state index is 0.0657. The van der Waals surface area contributed by atoms with Crippen LogP contribution in [0.25, 0.3) is 0 Å². The van der Waals surface area contributed by atoms with E-state index in [0.29, 0.717) is 5.46 Å². The molecule has 0 atom stereocenters. The Morgan fingerprint density at radius 2 is 1.78 bits per heavy atom. The number of nitrogens with zero attached hydrogens (tertiary/aromatic N) is 1. The van der Waals surface area contributed by atoms with Crippen molar-refractivity contribution in [3.8, 4) is 5.75 Å². The standard InChI is InChI=1S/C12H17BFNO3/c1-11(2)12(3,4)18-13(17-11)8-6-7-15-10(14)9(8)16-5/h6-7H,1-5H3. The van der Waals surface area contributed by atoms with E-state index in [0.717, 1.165) is 0 Å². The van der Waals surface area contributed by atoms with Crippen molar-refractivity contribution in [1.29, 1.82) is 0 Å². The van der Waals surface area contributed by atoms with Gasteiger partial charge in [0.1, 0.15) is 0 Å². The number of rotatable bonds is 2. The van der Waals surface area contributed by atoms with Gasteiger partial charge in [0, 0.05) is 11.7 Å². The summed E-state index contributed by atoms with van der Waals surface area (Å²) in [6.07, 6.45) is 1.37. The van der Waals surface area contributed by atoms with Crippen LogP contribution < -0.4 is 10.2 Å². The number of aromatic nitrogens is 1. The molecule has 0 saturated carbocycles. The van der Waals surface area contributed by atoms with Crippen LogP contribution in [0.1, 0.15) is 27.7 Å². The summed E-state index contributed by atoms with van der Waals surface area (Å²) in [5, 5.41) is 0. The van der Waals surface area contributed by atoms with Gasteiger partial charge in [-0.05, 0) is 33.8 Å². The number of methoxy groups -OCH3 is 1. The molecule has 98 valence electrons. The third-order valence-electron chi connectivity index (χ3n) is 3.60. The number of ether oxygens (including phenoxy) is 1. The molecule has 2 heterocycles. The predicted molar refractivity (Wildman–Crippen MR) is 66.5 cm³/mol. The zero-order chi connectivity index (χ0) is 13.6. The average molecular weight is 253 g/mol. The lowest BCUT2D eigenvalue weighted by atomic mass is 9.79. The van der Waals surface area contributed by atoms with Crippen LogP contribution in [-0.2, 0) is 9.31 Å². The number of hydrogen-bond donors (Lipinski definition) is 0. The molecule has 0 radical (unpaired) electrons. The molecular weight excluding hydrogens is 236 g/mol. The van der Waals surface area contributed by atoms with Gasteiger partial charge in [0.2, 0.25) is 0 Å². The predicted octanol–water partition coefficient (Wildman–Crippen LogP) is 1.53. The normalized spacial score (nSPS) is 21.1. The highest BCUT2D eigenvalue weighted by Crippen LogP contribution is 2.37. The molecule has 0 spiro atoms. The molecule has 0 aliphatic carbocycles. The van der Waals surface area contributed by atoms with Gasteiger partial charge in [-0.2, -0.15) is 4.39 Å². The monoisotopic (exact) mass is 253 g/mol. The molecule has 0 N–H and O–H groups in total. The van der Waals surface area contributed by atoms with Crippen molar-refractivity contribution in [2.24, 2.45) is 0 Å². The summed E-state index contributed by atoms with van der Waals surface area (Å²) >= 11 is 0. The van der Waals surface area contributed by atoms with Crippen molar-refractivity contribution in [2.45, 2.75) is 38.9 Å². The second-order valence-electron chi connectivity index (χ2n) is 5.31. The van der Waals surface area contributed by atoms with Gasteiger partial charge in [-0.15, -0.1) is 0 Å². The highest BCUT2D eigenvalue weighted by atomic mass is 19.1. The van der Waals surface area contributed by atoms with E-state index in [1.165, 1.54) is 13.3 Å². The zero-order valence-corrected chi connectivity index (χ0v) is 11.3. The van der Waals surface area contributed by atoms with Gasteiger partial charge in [0.25, 0.3) is 5.95 Å². The molecule has 1 aromatic heterocycles. The fourth-order valence-electron chi connectivity index (χ4n) is 1.79. The molecule has 1 fully saturated rings. The van der Waals surface area contributed by atoms with Gasteiger partial charge in [0.05, 0.1) is 18.3 Å². The van der Waals surface area contributed by atoms with E-state index < -0.39 is 24.3 Å². The van der Waals surface area contributed by atoms with Gasteiger partial charge < -0.3 is 14.0 Å². The van der Waals surface area contributed by atoms with Crippen molar-refractivity contribution >= 4 is 12.6 Å². The number of halogens is 1. The van der Waals surface area contributed by atoms with E-state index in [-0.39, 0.29) is 5.75 Å². The van der Waals surface area contributed by atoms with Gasteiger partial charge in [0.15, 0.2) is 5.75 Å². The molecule has 6 heteroatoms. The fourth-order valence-corrected chi connectivity index (χ4v) is 1.79. The third kappa shape index (κ3) is 1.99. The molecule has 0 unspecified atom stereocenters. The van der Waals surface area contributed by atoms with Gasteiger partial charge in [-0.1, -0.05) is 0 Å². The highest BCUT2D eigenvalue weighted by molar-refractivity contribution is 6.63. The van der Waals surface area contributed by atoms with Crippen molar-refractivity contribution in [1.82, 2.24) is 4.98 Å². The maximum absolute atomic E-state index is 13.5. The highest BCUT2D eigenvalue weighted by Gasteiger charge is 2.52. The summed E-state index contributed by atoms with van der Waals surface area (Å²) in [6.45, 7) is 7.77. The molecule has 1 aliphatic rings. The Balaban J connectivity index is 2.38. The SMILES string of the molecule is COc1c(B2OC(C)(C)C(C)(C)O2)ccnc1F. The van der Waals surface area contributed by atoms with E-state index in [2.05, 4.69) is 4.98 Å². The van der Waals surface area contributed by atoms with Crippen LogP contribution in [-0.4, -0.2) is 30.4 Å². The van der Waals surface area contributed by atoms with Crippen LogP contribution in [0.4, 0.5) is 4.39 Å². The Kier molecular flexibility index (Phi) is 3.11. The molecule has 0 amide bonds. The molecule has 2 rings (SSSR count). The van der Waals surface area contributed by atoms with Crippen LogP contribution in [0.15, 0.2) is 12.3 Å². The Hall–Kier alpha value is -1.14. The fraction of sp³-hybridized carbons (Fsp3) is 0.583. The minimum atomic E-state index is -0.662. The molecule has 1 aromatic rings. The van der Waals surface area contributed by atoms with Crippen LogP contribution in [0.3, 0.4) is 0 Å². The van der Waals surface area contributed by atoms with E-state index in [9.17, 15) is 4.39 Å². The summed E-state index contributed by atoms with van der Waals surface area (Å²) in [5.41, 5.74) is -0.422. The van der Waals surface area contributed by atoms with Gasteiger partial charge in [-0.25, -0.2) is 4.98 Å². The summed E-state index contributed by atoms with van der Waals surface area (Å²) in [4.78, 5) is 3.55. The molecule has 1 saturated heterocycles. The summed E-state index contributed by atoms with van der Waals surface area (Å²) in [6, 6.07) is 1.64. The first kappa shape index (κ1) is 13.3. The largest absolute Gasteiger partial charge is 0.498 e. The van der Waals surface area contributed by atoms with E-state index >= 15 is 0 Å². The molecular formula is C12H17BFNO3. The first-order chi connectivity index (χ1) is 8.28. The van der Waals surface area contributed by atoms with Gasteiger partial charge in [-0.3, -0.25) is 0 Å². The maximum atomic E-state index is 13.5. The first-order valence-corrected chi connectivity index (χ1v) is 5.82. The molecule has 0 aromatic carbocycles. The Labute approximate surface area is 107 Å². The van der Waals surface area contributed by atoms with Crippen LogP contribution in [0.5, 0.6) is 5.75 Å². The van der Waals surface area contributed by atoms with Crippen molar-refractivity contribution in [2.75, 3.05) is 7.11 Å². The summed E-state index contributed by atoms with van der Waals surface area (Å²) < 4.78 is 30.3. The second kappa shape index (κ2) is 4.21. The minimum Gasteiger partial charge on any atom is -0.492 e. The van der Waals surface area contributed by atoms with E-state index in [4.69, 9.17) is 14.0 Å². The lowest BCUT2D eigenvalue weighted by Gasteiger charge is -2.32. The van der Waals surface area contributed by atoms with Crippen LogP contribution in [0.2, 0.25) is 0 Å². The van der Waals surface area contributed by atoms with E-state index in [1.54, 1.807) is 6.07 Å². The number of pyridine rings is 1. The molecule has 0 bridgehead atoms. The maximum Gasteiger partial charge on any atom is 0.498 e. The Morgan fingerprint density at radius 3 is 2.28 bits per heavy atom. The smallest absolute Gasteiger partial charge is 0.492 e. The Morgan fingerprint density at radius 1 is 1.22 bits per heavy atom. The van der Waals surface area contributed by atoms with Crippen LogP contribution in [0, 0.1) is 5.95 Å². The lowest BCUT2D eigenvalue weighted by Crippen LogP contribution is -2.41. The van der Waals surface area contributed by atoms with Crippen molar-refractivity contribution in [3.05, 3.63) is 18.2 Å². The van der Waals surface area contributed by atoms with E-state index in [1.807, 2.05) is 27.7 Å². The van der Waals surface area contributed by atoms with Gasteiger partial charge >= 0.3 is 7.12 Å².